The molecule has 13 heavy (non-hydrogen) atoms. The zero-order valence-electron chi connectivity index (χ0n) is 8.29. The molecule has 0 spiro atoms. The molecule has 5 nitrogen and oxygen atoms in total. The Morgan fingerprint density at radius 3 is 2.00 bits per heavy atom. The van der Waals surface area contributed by atoms with Crippen LogP contribution in [0.4, 0.5) is 0 Å². The fourth-order valence-corrected chi connectivity index (χ4v) is 1.52. The van der Waals surface area contributed by atoms with Gasteiger partial charge in [-0.3, -0.25) is 4.79 Å². The Labute approximate surface area is 79.0 Å². The summed E-state index contributed by atoms with van der Waals surface area (Å²) in [5, 5.41) is 1.83. The standard InChI is InChI=1S/C7H16N2O3S/c1-5(2)13(11,12)9-6(3)7(10)8-4/h5-6,9H,1-4H3,(H,8,10). The normalized spacial score (nSPS) is 14.2. The molecule has 0 aliphatic heterocycles. The van der Waals surface area contributed by atoms with Crippen molar-refractivity contribution in [2.75, 3.05) is 7.05 Å². The Morgan fingerprint density at radius 1 is 1.23 bits per heavy atom. The van der Waals surface area contributed by atoms with E-state index in [-0.39, 0.29) is 5.91 Å². The Kier molecular flexibility index (Phi) is 4.35. The van der Waals surface area contributed by atoms with Crippen LogP contribution >= 0.6 is 0 Å². The summed E-state index contributed by atoms with van der Waals surface area (Å²) in [6, 6.07) is -0.725. The summed E-state index contributed by atoms with van der Waals surface area (Å²) < 4.78 is 24.8. The molecule has 6 heteroatoms. The molecule has 0 aromatic heterocycles. The van der Waals surface area contributed by atoms with E-state index < -0.39 is 21.3 Å². The fourth-order valence-electron chi connectivity index (χ4n) is 0.653. The number of nitrogens with one attached hydrogen (secondary N) is 2. The van der Waals surface area contributed by atoms with Crippen LogP contribution in [0.3, 0.4) is 0 Å². The molecule has 1 atom stereocenters. The summed E-state index contributed by atoms with van der Waals surface area (Å²) in [4.78, 5) is 11.0. The predicted molar refractivity (Wildman–Crippen MR) is 50.7 cm³/mol. The first-order chi connectivity index (χ1) is 5.81. The molecule has 0 rings (SSSR count). The number of sulfonamides is 1. The summed E-state index contributed by atoms with van der Waals surface area (Å²) in [6.45, 7) is 4.61. The van der Waals surface area contributed by atoms with Crippen molar-refractivity contribution in [1.29, 1.82) is 0 Å². The first-order valence-electron chi connectivity index (χ1n) is 4.04. The van der Waals surface area contributed by atoms with Crippen LogP contribution in [0.2, 0.25) is 0 Å². The molecule has 78 valence electrons. The maximum absolute atomic E-state index is 11.3. The van der Waals surface area contributed by atoms with E-state index in [9.17, 15) is 13.2 Å². The highest BCUT2D eigenvalue weighted by Crippen LogP contribution is 1.97. The van der Waals surface area contributed by atoms with Gasteiger partial charge in [-0.05, 0) is 20.8 Å². The van der Waals surface area contributed by atoms with Crippen LogP contribution in [-0.2, 0) is 14.8 Å². The Morgan fingerprint density at radius 2 is 1.69 bits per heavy atom. The average Bonchev–Trinajstić information content (AvgIpc) is 2.01. The van der Waals surface area contributed by atoms with E-state index >= 15 is 0 Å². The van der Waals surface area contributed by atoms with Crippen LogP contribution in [0.1, 0.15) is 20.8 Å². The van der Waals surface area contributed by atoms with Gasteiger partial charge < -0.3 is 5.32 Å². The monoisotopic (exact) mass is 208 g/mol. The van der Waals surface area contributed by atoms with Gasteiger partial charge in [-0.2, -0.15) is 0 Å². The van der Waals surface area contributed by atoms with Gasteiger partial charge in [-0.1, -0.05) is 0 Å². The van der Waals surface area contributed by atoms with Crippen molar-refractivity contribution in [2.45, 2.75) is 32.1 Å². The molecule has 0 heterocycles. The van der Waals surface area contributed by atoms with Crippen LogP contribution in [-0.4, -0.2) is 32.7 Å². The zero-order valence-corrected chi connectivity index (χ0v) is 9.10. The summed E-state index contributed by atoms with van der Waals surface area (Å²) in [7, 11) is -1.90. The number of hydrogen-bond acceptors (Lipinski definition) is 3. The maximum Gasteiger partial charge on any atom is 0.237 e. The lowest BCUT2D eigenvalue weighted by atomic mass is 10.3. The molecule has 0 saturated heterocycles. The van der Waals surface area contributed by atoms with E-state index in [4.69, 9.17) is 0 Å². The van der Waals surface area contributed by atoms with Crippen molar-refractivity contribution in [3.63, 3.8) is 0 Å². The minimum absolute atomic E-state index is 0.343. The first-order valence-corrected chi connectivity index (χ1v) is 5.58. The minimum atomic E-state index is -3.36. The molecule has 2 N–H and O–H groups in total. The van der Waals surface area contributed by atoms with E-state index in [2.05, 4.69) is 10.0 Å². The predicted octanol–water partition coefficient (Wildman–Crippen LogP) is -0.551. The quantitative estimate of drug-likeness (QED) is 0.651. The number of hydrogen-bond donors (Lipinski definition) is 2. The van der Waals surface area contributed by atoms with Crippen LogP contribution in [0.25, 0.3) is 0 Å². The lowest BCUT2D eigenvalue weighted by Crippen LogP contribution is -2.45. The number of rotatable bonds is 4. The van der Waals surface area contributed by atoms with Gasteiger partial charge in [-0.25, -0.2) is 13.1 Å². The Balaban J connectivity index is 4.38. The molecule has 0 saturated carbocycles. The van der Waals surface area contributed by atoms with E-state index in [1.807, 2.05) is 0 Å². The Bertz CT molecular complexity index is 271. The number of carbonyl (C=O) groups is 1. The third kappa shape index (κ3) is 3.73. The van der Waals surface area contributed by atoms with Crippen LogP contribution in [0.15, 0.2) is 0 Å². The highest BCUT2D eigenvalue weighted by atomic mass is 32.2. The second kappa shape index (κ2) is 4.57. The molecule has 0 radical (unpaired) electrons. The molecule has 1 unspecified atom stereocenters. The van der Waals surface area contributed by atoms with Crippen LogP contribution in [0, 0.1) is 0 Å². The number of amides is 1. The summed E-state index contributed by atoms with van der Waals surface area (Å²) >= 11 is 0. The highest BCUT2D eigenvalue weighted by Gasteiger charge is 2.21. The zero-order chi connectivity index (χ0) is 10.6. The van der Waals surface area contributed by atoms with Gasteiger partial charge in [0.1, 0.15) is 0 Å². The highest BCUT2D eigenvalue weighted by molar-refractivity contribution is 7.90. The average molecular weight is 208 g/mol. The summed E-state index contributed by atoms with van der Waals surface area (Å²) in [5.74, 6) is -0.343. The van der Waals surface area contributed by atoms with Crippen LogP contribution < -0.4 is 10.0 Å². The van der Waals surface area contributed by atoms with Gasteiger partial charge in [0.15, 0.2) is 0 Å². The third-order valence-corrected chi connectivity index (χ3v) is 3.52. The van der Waals surface area contributed by atoms with Crippen molar-refractivity contribution in [3.05, 3.63) is 0 Å². The lowest BCUT2D eigenvalue weighted by molar-refractivity contribution is -0.121. The molecular formula is C7H16N2O3S. The summed E-state index contributed by atoms with van der Waals surface area (Å²) in [5.41, 5.74) is 0. The first kappa shape index (κ1) is 12.4. The van der Waals surface area contributed by atoms with Crippen molar-refractivity contribution in [3.8, 4) is 0 Å². The van der Waals surface area contributed by atoms with Crippen LogP contribution in [0.5, 0.6) is 0 Å². The van der Waals surface area contributed by atoms with Crippen molar-refractivity contribution in [2.24, 2.45) is 0 Å². The summed E-state index contributed by atoms with van der Waals surface area (Å²) in [6.07, 6.45) is 0. The largest absolute Gasteiger partial charge is 0.358 e. The Hall–Kier alpha value is -0.620. The van der Waals surface area contributed by atoms with Gasteiger partial charge in [0, 0.05) is 7.05 Å². The number of likely N-dealkylation sites (N-methyl/N-ethyl adjacent to an activating group) is 1. The van der Waals surface area contributed by atoms with E-state index in [0.717, 1.165) is 0 Å². The van der Waals surface area contributed by atoms with Crippen molar-refractivity contribution in [1.82, 2.24) is 10.0 Å². The second-order valence-electron chi connectivity index (χ2n) is 3.05. The van der Waals surface area contributed by atoms with E-state index in [1.54, 1.807) is 13.8 Å². The van der Waals surface area contributed by atoms with Gasteiger partial charge in [0.2, 0.25) is 15.9 Å². The van der Waals surface area contributed by atoms with Gasteiger partial charge in [0.05, 0.1) is 11.3 Å². The molecule has 0 bridgehead atoms. The van der Waals surface area contributed by atoms with E-state index in [0.29, 0.717) is 0 Å². The third-order valence-electron chi connectivity index (χ3n) is 1.60. The SMILES string of the molecule is CNC(=O)C(C)NS(=O)(=O)C(C)C. The molecule has 1 amide bonds. The van der Waals surface area contributed by atoms with Gasteiger partial charge in [0.25, 0.3) is 0 Å². The fraction of sp³-hybridized carbons (Fsp3) is 0.857. The van der Waals surface area contributed by atoms with Crippen molar-refractivity contribution < 1.29 is 13.2 Å². The van der Waals surface area contributed by atoms with E-state index in [1.165, 1.54) is 14.0 Å². The minimum Gasteiger partial charge on any atom is -0.358 e. The smallest absolute Gasteiger partial charge is 0.237 e. The topological polar surface area (TPSA) is 75.3 Å². The molecule has 0 aromatic rings. The van der Waals surface area contributed by atoms with Crippen molar-refractivity contribution >= 4 is 15.9 Å². The molecular weight excluding hydrogens is 192 g/mol. The molecule has 0 aliphatic carbocycles. The second-order valence-corrected chi connectivity index (χ2v) is 5.32. The molecule has 0 fully saturated rings. The van der Waals surface area contributed by atoms with Gasteiger partial charge in [-0.15, -0.1) is 0 Å². The molecule has 0 aromatic carbocycles. The van der Waals surface area contributed by atoms with Gasteiger partial charge >= 0.3 is 0 Å². The maximum atomic E-state index is 11.3. The number of carbonyl (C=O) groups excluding carboxylic acids is 1. The molecule has 0 aliphatic rings. The lowest BCUT2D eigenvalue weighted by Gasteiger charge is -2.14.